The summed E-state index contributed by atoms with van der Waals surface area (Å²) in [5.74, 6) is -0.715. The van der Waals surface area contributed by atoms with E-state index in [0.717, 1.165) is 31.4 Å². The SMILES string of the molecule is N=C(c1ccc(O)c(C(F)(F)F)c1)N1CCCCC1. The lowest BCUT2D eigenvalue weighted by molar-refractivity contribution is -0.138. The Morgan fingerprint density at radius 3 is 2.37 bits per heavy atom. The first kappa shape index (κ1) is 13.7. The van der Waals surface area contributed by atoms with Crippen molar-refractivity contribution >= 4 is 5.84 Å². The van der Waals surface area contributed by atoms with E-state index in [1.54, 1.807) is 4.90 Å². The summed E-state index contributed by atoms with van der Waals surface area (Å²) in [5, 5.41) is 17.2. The molecule has 1 aromatic carbocycles. The topological polar surface area (TPSA) is 47.3 Å². The number of aromatic hydroxyl groups is 1. The third kappa shape index (κ3) is 3.00. The number of amidine groups is 1. The molecule has 0 saturated carbocycles. The summed E-state index contributed by atoms with van der Waals surface area (Å²) in [6, 6.07) is 3.18. The Labute approximate surface area is 109 Å². The molecule has 1 fully saturated rings. The van der Waals surface area contributed by atoms with Crippen LogP contribution in [0.3, 0.4) is 0 Å². The van der Waals surface area contributed by atoms with E-state index >= 15 is 0 Å². The minimum absolute atomic E-state index is 0.0881. The van der Waals surface area contributed by atoms with Crippen LogP contribution in [0.1, 0.15) is 30.4 Å². The molecule has 3 nitrogen and oxygen atoms in total. The molecule has 1 saturated heterocycles. The van der Waals surface area contributed by atoms with Crippen molar-refractivity contribution in [1.29, 1.82) is 5.41 Å². The summed E-state index contributed by atoms with van der Waals surface area (Å²) in [7, 11) is 0. The minimum atomic E-state index is -4.61. The Morgan fingerprint density at radius 1 is 1.16 bits per heavy atom. The summed E-state index contributed by atoms with van der Waals surface area (Å²) < 4.78 is 38.1. The first-order valence-corrected chi connectivity index (χ1v) is 6.13. The normalized spacial score (nSPS) is 16.5. The molecule has 0 spiro atoms. The van der Waals surface area contributed by atoms with Crippen LogP contribution in [0, 0.1) is 5.41 Å². The van der Waals surface area contributed by atoms with Crippen molar-refractivity contribution in [2.75, 3.05) is 13.1 Å². The first-order chi connectivity index (χ1) is 8.89. The molecule has 6 heteroatoms. The predicted molar refractivity (Wildman–Crippen MR) is 65.4 cm³/mol. The van der Waals surface area contributed by atoms with Gasteiger partial charge >= 0.3 is 6.18 Å². The highest BCUT2D eigenvalue weighted by Crippen LogP contribution is 2.36. The average Bonchev–Trinajstić information content (AvgIpc) is 2.38. The lowest BCUT2D eigenvalue weighted by atomic mass is 10.1. The fraction of sp³-hybridized carbons (Fsp3) is 0.462. The summed E-state index contributed by atoms with van der Waals surface area (Å²) in [6.45, 7) is 1.39. The van der Waals surface area contributed by atoms with Crippen molar-refractivity contribution in [3.05, 3.63) is 29.3 Å². The quantitative estimate of drug-likeness (QED) is 0.609. The zero-order chi connectivity index (χ0) is 14.0. The van der Waals surface area contributed by atoms with Crippen LogP contribution in [0.4, 0.5) is 13.2 Å². The van der Waals surface area contributed by atoms with Crippen LogP contribution in [-0.2, 0) is 6.18 Å². The monoisotopic (exact) mass is 272 g/mol. The maximum Gasteiger partial charge on any atom is 0.419 e. The van der Waals surface area contributed by atoms with Gasteiger partial charge in [0.05, 0.1) is 5.56 Å². The maximum absolute atomic E-state index is 12.7. The molecule has 0 aliphatic carbocycles. The molecular weight excluding hydrogens is 257 g/mol. The highest BCUT2D eigenvalue weighted by atomic mass is 19.4. The second-order valence-corrected chi connectivity index (χ2v) is 4.63. The number of hydrogen-bond donors (Lipinski definition) is 2. The summed E-state index contributed by atoms with van der Waals surface area (Å²) in [6.07, 6.45) is -1.62. The first-order valence-electron chi connectivity index (χ1n) is 6.13. The highest BCUT2D eigenvalue weighted by Gasteiger charge is 2.34. The van der Waals surface area contributed by atoms with Crippen molar-refractivity contribution < 1.29 is 18.3 Å². The van der Waals surface area contributed by atoms with Gasteiger partial charge in [-0.05, 0) is 37.5 Å². The Bertz CT molecular complexity index is 479. The van der Waals surface area contributed by atoms with Crippen LogP contribution in [-0.4, -0.2) is 28.9 Å². The molecular formula is C13H15F3N2O. The van der Waals surface area contributed by atoms with Crippen LogP contribution < -0.4 is 0 Å². The van der Waals surface area contributed by atoms with Gasteiger partial charge in [-0.1, -0.05) is 0 Å². The minimum Gasteiger partial charge on any atom is -0.507 e. The molecule has 0 radical (unpaired) electrons. The van der Waals surface area contributed by atoms with Gasteiger partial charge in [0.1, 0.15) is 11.6 Å². The largest absolute Gasteiger partial charge is 0.507 e. The van der Waals surface area contributed by atoms with E-state index in [1.165, 1.54) is 6.07 Å². The number of halogens is 3. The van der Waals surface area contributed by atoms with Gasteiger partial charge in [0, 0.05) is 18.7 Å². The Morgan fingerprint density at radius 2 is 1.79 bits per heavy atom. The number of alkyl halides is 3. The lowest BCUT2D eigenvalue weighted by Gasteiger charge is -2.29. The average molecular weight is 272 g/mol. The van der Waals surface area contributed by atoms with Crippen molar-refractivity contribution in [3.63, 3.8) is 0 Å². The Hall–Kier alpha value is -1.72. The maximum atomic E-state index is 12.7. The van der Waals surface area contributed by atoms with Gasteiger partial charge in [-0.25, -0.2) is 0 Å². The van der Waals surface area contributed by atoms with E-state index in [9.17, 15) is 18.3 Å². The van der Waals surface area contributed by atoms with Gasteiger partial charge in [-0.15, -0.1) is 0 Å². The molecule has 1 aliphatic heterocycles. The van der Waals surface area contributed by atoms with Crippen LogP contribution in [0.25, 0.3) is 0 Å². The molecule has 1 aliphatic rings. The van der Waals surface area contributed by atoms with Crippen molar-refractivity contribution in [1.82, 2.24) is 4.90 Å². The van der Waals surface area contributed by atoms with E-state index in [0.29, 0.717) is 13.1 Å². The molecule has 2 N–H and O–H groups in total. The van der Waals surface area contributed by atoms with Gasteiger partial charge < -0.3 is 10.0 Å². The van der Waals surface area contributed by atoms with Crippen molar-refractivity contribution in [2.45, 2.75) is 25.4 Å². The molecule has 1 heterocycles. The Kier molecular flexibility index (Phi) is 3.68. The van der Waals surface area contributed by atoms with Crippen LogP contribution in [0.15, 0.2) is 18.2 Å². The van der Waals surface area contributed by atoms with E-state index < -0.39 is 17.5 Å². The van der Waals surface area contributed by atoms with Crippen LogP contribution in [0.5, 0.6) is 5.75 Å². The Balaban J connectivity index is 2.27. The number of piperidine rings is 1. The molecule has 0 amide bonds. The van der Waals surface area contributed by atoms with E-state index in [2.05, 4.69) is 0 Å². The molecule has 0 unspecified atom stereocenters. The standard InChI is InChI=1S/C13H15F3N2O/c14-13(15,16)10-8-9(4-5-11(10)19)12(17)18-6-2-1-3-7-18/h4-5,8,17,19H,1-3,6-7H2. The van der Waals surface area contributed by atoms with Gasteiger partial charge in [0.25, 0.3) is 0 Å². The van der Waals surface area contributed by atoms with Crippen molar-refractivity contribution in [2.24, 2.45) is 0 Å². The summed E-state index contributed by atoms with van der Waals surface area (Å²) >= 11 is 0. The number of phenolic OH excluding ortho intramolecular Hbond substituents is 1. The molecule has 0 bridgehead atoms. The predicted octanol–water partition coefficient (Wildman–Crippen LogP) is 3.22. The van der Waals surface area contributed by atoms with Gasteiger partial charge in [0.2, 0.25) is 0 Å². The second-order valence-electron chi connectivity index (χ2n) is 4.63. The van der Waals surface area contributed by atoms with Gasteiger partial charge in [-0.2, -0.15) is 13.2 Å². The third-order valence-corrected chi connectivity index (χ3v) is 3.25. The molecule has 19 heavy (non-hydrogen) atoms. The van der Waals surface area contributed by atoms with Crippen LogP contribution in [0.2, 0.25) is 0 Å². The number of hydrogen-bond acceptors (Lipinski definition) is 2. The number of rotatable bonds is 1. The zero-order valence-corrected chi connectivity index (χ0v) is 10.3. The smallest absolute Gasteiger partial charge is 0.419 e. The molecule has 104 valence electrons. The molecule has 2 rings (SSSR count). The summed E-state index contributed by atoms with van der Waals surface area (Å²) in [4.78, 5) is 1.77. The number of nitrogens with zero attached hydrogens (tertiary/aromatic N) is 1. The second kappa shape index (κ2) is 5.11. The number of likely N-dealkylation sites (tertiary alicyclic amines) is 1. The van der Waals surface area contributed by atoms with E-state index in [4.69, 9.17) is 5.41 Å². The zero-order valence-electron chi connectivity index (χ0n) is 10.3. The van der Waals surface area contributed by atoms with E-state index in [-0.39, 0.29) is 11.4 Å². The molecule has 1 aromatic rings. The number of benzene rings is 1. The van der Waals surface area contributed by atoms with Gasteiger partial charge in [-0.3, -0.25) is 5.41 Å². The highest BCUT2D eigenvalue weighted by molar-refractivity contribution is 5.96. The lowest BCUT2D eigenvalue weighted by Crippen LogP contribution is -2.35. The van der Waals surface area contributed by atoms with Crippen LogP contribution >= 0.6 is 0 Å². The summed E-state index contributed by atoms with van der Waals surface area (Å²) in [5.41, 5.74) is -0.904. The fourth-order valence-corrected chi connectivity index (χ4v) is 2.21. The van der Waals surface area contributed by atoms with E-state index in [1.807, 2.05) is 0 Å². The molecule has 0 aromatic heterocycles. The molecule has 0 atom stereocenters. The number of nitrogens with one attached hydrogen (secondary N) is 1. The number of phenols is 1. The van der Waals surface area contributed by atoms with Gasteiger partial charge in [0.15, 0.2) is 0 Å². The fourth-order valence-electron chi connectivity index (χ4n) is 2.21. The van der Waals surface area contributed by atoms with Crippen molar-refractivity contribution in [3.8, 4) is 5.75 Å². The third-order valence-electron chi connectivity index (χ3n) is 3.25.